The van der Waals surface area contributed by atoms with E-state index in [1.165, 1.54) is 4.88 Å². The van der Waals surface area contributed by atoms with Gasteiger partial charge in [0, 0.05) is 30.1 Å². The standard InChI is InChI=1S/C19H23NO3S/c1-15-5-2-3-6-16(15)23-13-18(21)20-14-19(8-10-22-11-9-19)17-7-4-12-24-17/h2-7,12H,8-11,13-14H2,1H3,(H,20,21). The Labute approximate surface area is 146 Å². The number of amides is 1. The van der Waals surface area contributed by atoms with Crippen LogP contribution in [0.3, 0.4) is 0 Å². The molecule has 4 nitrogen and oxygen atoms in total. The first-order valence-electron chi connectivity index (χ1n) is 8.26. The van der Waals surface area contributed by atoms with Crippen LogP contribution in [-0.4, -0.2) is 32.3 Å². The lowest BCUT2D eigenvalue weighted by molar-refractivity contribution is -0.123. The highest BCUT2D eigenvalue weighted by Gasteiger charge is 2.35. The number of aryl methyl sites for hydroxylation is 1. The number of benzene rings is 1. The molecule has 3 rings (SSSR count). The Balaban J connectivity index is 1.57. The minimum absolute atomic E-state index is 0.00919. The van der Waals surface area contributed by atoms with E-state index < -0.39 is 0 Å². The van der Waals surface area contributed by atoms with Crippen LogP contribution in [-0.2, 0) is 14.9 Å². The summed E-state index contributed by atoms with van der Waals surface area (Å²) >= 11 is 1.75. The largest absolute Gasteiger partial charge is 0.484 e. The van der Waals surface area contributed by atoms with Gasteiger partial charge in [-0.2, -0.15) is 0 Å². The molecule has 0 unspecified atom stereocenters. The first kappa shape index (κ1) is 17.0. The number of rotatable bonds is 6. The summed E-state index contributed by atoms with van der Waals surface area (Å²) in [7, 11) is 0. The normalized spacial score (nSPS) is 16.5. The number of thiophene rings is 1. The van der Waals surface area contributed by atoms with E-state index in [4.69, 9.17) is 9.47 Å². The monoisotopic (exact) mass is 345 g/mol. The molecule has 0 spiro atoms. The van der Waals surface area contributed by atoms with Crippen molar-refractivity contribution in [1.82, 2.24) is 5.32 Å². The second kappa shape index (κ2) is 7.81. The molecule has 0 radical (unpaired) electrons. The smallest absolute Gasteiger partial charge is 0.257 e. The highest BCUT2D eigenvalue weighted by Crippen LogP contribution is 2.36. The van der Waals surface area contributed by atoms with Crippen molar-refractivity contribution in [3.63, 3.8) is 0 Å². The van der Waals surface area contributed by atoms with Gasteiger partial charge in [0.25, 0.3) is 5.91 Å². The fraction of sp³-hybridized carbons (Fsp3) is 0.421. The van der Waals surface area contributed by atoms with Gasteiger partial charge in [0.15, 0.2) is 6.61 Å². The first-order chi connectivity index (χ1) is 11.7. The molecule has 1 fully saturated rings. The van der Waals surface area contributed by atoms with Gasteiger partial charge >= 0.3 is 0 Å². The second-order valence-corrected chi connectivity index (χ2v) is 7.15. The van der Waals surface area contributed by atoms with E-state index in [0.717, 1.165) is 37.4 Å². The van der Waals surface area contributed by atoms with E-state index in [1.807, 2.05) is 31.2 Å². The number of carbonyl (C=O) groups is 1. The molecule has 1 aromatic heterocycles. The number of hydrogen-bond acceptors (Lipinski definition) is 4. The average molecular weight is 345 g/mol. The summed E-state index contributed by atoms with van der Waals surface area (Å²) in [5.41, 5.74) is 1.02. The van der Waals surface area contributed by atoms with Crippen LogP contribution in [0, 0.1) is 6.92 Å². The minimum Gasteiger partial charge on any atom is -0.484 e. The summed E-state index contributed by atoms with van der Waals surface area (Å²) in [6, 6.07) is 12.0. The Bertz CT molecular complexity index is 663. The van der Waals surface area contributed by atoms with Crippen LogP contribution in [0.1, 0.15) is 23.3 Å². The molecule has 1 N–H and O–H groups in total. The van der Waals surface area contributed by atoms with Gasteiger partial charge in [-0.25, -0.2) is 0 Å². The quantitative estimate of drug-likeness (QED) is 0.874. The molecule has 24 heavy (non-hydrogen) atoms. The van der Waals surface area contributed by atoms with Gasteiger partial charge in [-0.15, -0.1) is 11.3 Å². The lowest BCUT2D eigenvalue weighted by atomic mass is 9.78. The van der Waals surface area contributed by atoms with Crippen LogP contribution < -0.4 is 10.1 Å². The molecule has 1 saturated heterocycles. The van der Waals surface area contributed by atoms with Crippen molar-refractivity contribution in [2.45, 2.75) is 25.2 Å². The van der Waals surface area contributed by atoms with Crippen molar-refractivity contribution in [2.75, 3.05) is 26.4 Å². The molecule has 1 aromatic carbocycles. The van der Waals surface area contributed by atoms with Gasteiger partial charge < -0.3 is 14.8 Å². The Kier molecular flexibility index (Phi) is 5.53. The van der Waals surface area contributed by atoms with E-state index in [0.29, 0.717) is 6.54 Å². The van der Waals surface area contributed by atoms with Crippen LogP contribution in [0.15, 0.2) is 41.8 Å². The van der Waals surface area contributed by atoms with Crippen LogP contribution in [0.25, 0.3) is 0 Å². The zero-order valence-corrected chi connectivity index (χ0v) is 14.7. The van der Waals surface area contributed by atoms with Gasteiger partial charge in [0.1, 0.15) is 5.75 Å². The second-order valence-electron chi connectivity index (χ2n) is 6.20. The summed E-state index contributed by atoms with van der Waals surface area (Å²) < 4.78 is 11.1. The fourth-order valence-electron chi connectivity index (χ4n) is 3.03. The molecule has 2 aromatic rings. The molecule has 5 heteroatoms. The fourth-order valence-corrected chi connectivity index (χ4v) is 4.02. The first-order valence-corrected chi connectivity index (χ1v) is 9.14. The lowest BCUT2D eigenvalue weighted by Gasteiger charge is -2.36. The number of carbonyl (C=O) groups excluding carboxylic acids is 1. The maximum Gasteiger partial charge on any atom is 0.257 e. The molecule has 0 saturated carbocycles. The third kappa shape index (κ3) is 3.97. The summed E-state index contributed by atoms with van der Waals surface area (Å²) in [5.74, 6) is 0.673. The maximum absolute atomic E-state index is 12.2. The van der Waals surface area contributed by atoms with Crippen LogP contribution in [0.2, 0.25) is 0 Å². The summed E-state index contributed by atoms with van der Waals surface area (Å²) in [6.07, 6.45) is 1.87. The van der Waals surface area contributed by atoms with Gasteiger partial charge in [0.05, 0.1) is 0 Å². The average Bonchev–Trinajstić information content (AvgIpc) is 3.15. The summed E-state index contributed by atoms with van der Waals surface area (Å²) in [4.78, 5) is 13.5. The van der Waals surface area contributed by atoms with E-state index in [9.17, 15) is 4.79 Å². The van der Waals surface area contributed by atoms with Crippen molar-refractivity contribution in [3.05, 3.63) is 52.2 Å². The third-order valence-corrected chi connectivity index (χ3v) is 5.69. The van der Waals surface area contributed by atoms with E-state index >= 15 is 0 Å². The van der Waals surface area contributed by atoms with Gasteiger partial charge in [-0.05, 0) is 42.8 Å². The lowest BCUT2D eigenvalue weighted by Crippen LogP contribution is -2.45. The molecule has 0 bridgehead atoms. The molecule has 1 aliphatic heterocycles. The molecular weight excluding hydrogens is 322 g/mol. The number of ether oxygens (including phenoxy) is 2. The van der Waals surface area contributed by atoms with Crippen molar-refractivity contribution in [1.29, 1.82) is 0 Å². The topological polar surface area (TPSA) is 47.6 Å². The van der Waals surface area contributed by atoms with Crippen molar-refractivity contribution in [2.24, 2.45) is 0 Å². The predicted molar refractivity (Wildman–Crippen MR) is 95.7 cm³/mol. The third-order valence-electron chi connectivity index (χ3n) is 4.57. The number of hydrogen-bond donors (Lipinski definition) is 1. The SMILES string of the molecule is Cc1ccccc1OCC(=O)NCC1(c2cccs2)CCOCC1. The van der Waals surface area contributed by atoms with Crippen molar-refractivity contribution < 1.29 is 14.3 Å². The summed E-state index contributed by atoms with van der Waals surface area (Å²) in [5, 5.41) is 5.15. The van der Waals surface area contributed by atoms with Crippen molar-refractivity contribution in [3.8, 4) is 5.75 Å². The number of nitrogens with one attached hydrogen (secondary N) is 1. The molecule has 0 atom stereocenters. The Morgan fingerprint density at radius 1 is 1.25 bits per heavy atom. The molecule has 2 heterocycles. The highest BCUT2D eigenvalue weighted by atomic mass is 32.1. The van der Waals surface area contributed by atoms with Crippen molar-refractivity contribution >= 4 is 17.2 Å². The van der Waals surface area contributed by atoms with Gasteiger partial charge in [0.2, 0.25) is 0 Å². The van der Waals surface area contributed by atoms with Gasteiger partial charge in [-0.1, -0.05) is 24.3 Å². The summed E-state index contributed by atoms with van der Waals surface area (Å²) in [6.45, 7) is 4.14. The Morgan fingerprint density at radius 3 is 2.75 bits per heavy atom. The molecule has 128 valence electrons. The Hall–Kier alpha value is -1.85. The minimum atomic E-state index is -0.0827. The Morgan fingerprint density at radius 2 is 2.04 bits per heavy atom. The van der Waals surface area contributed by atoms with E-state index in [2.05, 4.69) is 22.8 Å². The van der Waals surface area contributed by atoms with Crippen LogP contribution in [0.5, 0.6) is 5.75 Å². The molecule has 0 aliphatic carbocycles. The molecular formula is C19H23NO3S. The van der Waals surface area contributed by atoms with Gasteiger partial charge in [-0.3, -0.25) is 4.79 Å². The van der Waals surface area contributed by atoms with E-state index in [1.54, 1.807) is 11.3 Å². The highest BCUT2D eigenvalue weighted by molar-refractivity contribution is 7.10. The number of para-hydroxylation sites is 1. The molecule has 1 amide bonds. The zero-order chi connectivity index (χ0) is 16.8. The molecule has 1 aliphatic rings. The maximum atomic E-state index is 12.2. The van der Waals surface area contributed by atoms with Crippen LogP contribution in [0.4, 0.5) is 0 Å². The zero-order valence-electron chi connectivity index (χ0n) is 13.9. The van der Waals surface area contributed by atoms with Crippen LogP contribution >= 0.6 is 11.3 Å². The van der Waals surface area contributed by atoms with E-state index in [-0.39, 0.29) is 17.9 Å². The predicted octanol–water partition coefficient (Wildman–Crippen LogP) is 3.30.